The third-order valence-corrected chi connectivity index (χ3v) is 5.74. The summed E-state index contributed by atoms with van der Waals surface area (Å²) < 4.78 is 27.9. The van der Waals surface area contributed by atoms with Crippen LogP contribution in [-0.4, -0.2) is 3.21 Å². The minimum absolute atomic E-state index is 0.286. The molecule has 3 heteroatoms. The molecule has 5 rings (SSSR count). The van der Waals surface area contributed by atoms with Gasteiger partial charge in [0.15, 0.2) is 0 Å². The number of rotatable bonds is 0. The van der Waals surface area contributed by atoms with E-state index in [1.54, 1.807) is 33.5 Å². The van der Waals surface area contributed by atoms with Gasteiger partial charge in [-0.15, -0.1) is 29.7 Å². The van der Waals surface area contributed by atoms with Gasteiger partial charge in [-0.25, -0.2) is 16.5 Å². The molecule has 1 fully saturated rings. The van der Waals surface area contributed by atoms with Gasteiger partial charge >= 0.3 is 53.1 Å². The molecule has 0 bridgehead atoms. The first-order valence-corrected chi connectivity index (χ1v) is 10.1. The van der Waals surface area contributed by atoms with E-state index in [0.717, 1.165) is 28.7 Å². The van der Waals surface area contributed by atoms with Crippen LogP contribution in [0.2, 0.25) is 0 Å². The summed E-state index contributed by atoms with van der Waals surface area (Å²) in [5, 5.41) is 0. The SMILES string of the molecule is Fc1c[c-]c2c(c1)-c1cc(F)ccc1C2.[C-]1=CC=CC1.[Zr+2]=[C]1CCCC1. The van der Waals surface area contributed by atoms with Crippen molar-refractivity contribution < 1.29 is 33.0 Å². The van der Waals surface area contributed by atoms with Gasteiger partial charge in [0.25, 0.3) is 0 Å². The quantitative estimate of drug-likeness (QED) is 0.392. The number of fused-ring (bicyclic) bond motifs is 3. The summed E-state index contributed by atoms with van der Waals surface area (Å²) in [4.78, 5) is 0. The van der Waals surface area contributed by atoms with Gasteiger partial charge in [-0.05, 0) is 24.1 Å². The maximum absolute atomic E-state index is 13.1. The second-order valence-corrected chi connectivity index (χ2v) is 8.24. The van der Waals surface area contributed by atoms with Crippen molar-refractivity contribution in [2.24, 2.45) is 0 Å². The molecule has 0 heterocycles. The molecule has 0 nitrogen and oxygen atoms in total. The average molecular weight is 426 g/mol. The molecular weight excluding hydrogens is 405 g/mol. The van der Waals surface area contributed by atoms with E-state index in [-0.39, 0.29) is 11.6 Å². The zero-order valence-electron chi connectivity index (χ0n) is 14.6. The monoisotopic (exact) mass is 424 g/mol. The molecule has 130 valence electrons. The van der Waals surface area contributed by atoms with Crippen LogP contribution in [0.5, 0.6) is 0 Å². The van der Waals surface area contributed by atoms with E-state index in [9.17, 15) is 8.78 Å². The van der Waals surface area contributed by atoms with E-state index >= 15 is 0 Å². The Balaban J connectivity index is 0.000000146. The predicted molar refractivity (Wildman–Crippen MR) is 98.5 cm³/mol. The summed E-state index contributed by atoms with van der Waals surface area (Å²) in [5.74, 6) is -0.614. The van der Waals surface area contributed by atoms with Gasteiger partial charge in [0.1, 0.15) is 5.82 Å². The minimum atomic E-state index is -0.328. The molecular formula is C23H20F2Zr. The van der Waals surface area contributed by atoms with E-state index in [0.29, 0.717) is 6.42 Å². The third kappa shape index (κ3) is 5.27. The molecule has 0 aromatic heterocycles. The van der Waals surface area contributed by atoms with E-state index in [1.807, 2.05) is 12.2 Å². The summed E-state index contributed by atoms with van der Waals surface area (Å²) in [6.07, 6.45) is 16.5. The van der Waals surface area contributed by atoms with E-state index in [2.05, 4.69) is 18.2 Å². The Morgan fingerprint density at radius 1 is 0.962 bits per heavy atom. The van der Waals surface area contributed by atoms with Gasteiger partial charge in [0.2, 0.25) is 0 Å². The molecule has 0 unspecified atom stereocenters. The van der Waals surface area contributed by atoms with E-state index < -0.39 is 0 Å². The second-order valence-electron chi connectivity index (χ2n) is 6.50. The molecule has 0 spiro atoms. The molecule has 26 heavy (non-hydrogen) atoms. The van der Waals surface area contributed by atoms with Crippen LogP contribution < -0.4 is 0 Å². The fourth-order valence-corrected chi connectivity index (χ4v) is 4.04. The van der Waals surface area contributed by atoms with Gasteiger partial charge in [-0.1, -0.05) is 11.6 Å². The van der Waals surface area contributed by atoms with Crippen LogP contribution in [-0.2, 0) is 30.7 Å². The zero-order chi connectivity index (χ0) is 18.4. The van der Waals surface area contributed by atoms with Crippen molar-refractivity contribution in [1.82, 2.24) is 0 Å². The summed E-state index contributed by atoms with van der Waals surface area (Å²) in [6, 6.07) is 10.3. The van der Waals surface area contributed by atoms with Gasteiger partial charge in [0, 0.05) is 5.82 Å². The first kappa shape index (κ1) is 19.3. The Morgan fingerprint density at radius 2 is 1.73 bits per heavy atom. The molecule has 3 aliphatic carbocycles. The van der Waals surface area contributed by atoms with Crippen molar-refractivity contribution in [2.75, 3.05) is 0 Å². The fourth-order valence-electron chi connectivity index (χ4n) is 3.17. The molecule has 0 atom stereocenters. The van der Waals surface area contributed by atoms with Gasteiger partial charge in [-0.3, -0.25) is 10.5 Å². The molecule has 3 aliphatic rings. The molecule has 0 radical (unpaired) electrons. The van der Waals surface area contributed by atoms with Crippen LogP contribution in [0.15, 0.2) is 48.6 Å². The average Bonchev–Trinajstić information content (AvgIpc) is 3.38. The summed E-state index contributed by atoms with van der Waals surface area (Å²) in [5.41, 5.74) is 3.54. The summed E-state index contributed by atoms with van der Waals surface area (Å²) in [7, 11) is 0. The van der Waals surface area contributed by atoms with Crippen LogP contribution >= 0.6 is 0 Å². The number of hydrogen-bond donors (Lipinski definition) is 0. The van der Waals surface area contributed by atoms with E-state index in [1.165, 1.54) is 49.9 Å². The molecule has 1 saturated carbocycles. The van der Waals surface area contributed by atoms with Crippen molar-refractivity contribution in [2.45, 2.75) is 38.5 Å². The second kappa shape index (κ2) is 9.46. The normalized spacial score (nSPS) is 15.8. The number of benzene rings is 2. The first-order valence-electron chi connectivity index (χ1n) is 8.90. The van der Waals surface area contributed by atoms with Crippen LogP contribution in [0.25, 0.3) is 11.1 Å². The van der Waals surface area contributed by atoms with Crippen molar-refractivity contribution >= 4 is 3.21 Å². The number of halogens is 2. The Morgan fingerprint density at radius 3 is 2.31 bits per heavy atom. The van der Waals surface area contributed by atoms with Crippen LogP contribution in [0, 0.1) is 23.8 Å². The van der Waals surface area contributed by atoms with Gasteiger partial charge in [0.05, 0.1) is 0 Å². The molecule has 0 N–H and O–H groups in total. The Labute approximate surface area is 169 Å². The maximum atomic E-state index is 13.1. The zero-order valence-corrected chi connectivity index (χ0v) is 17.1. The van der Waals surface area contributed by atoms with Crippen LogP contribution in [0.1, 0.15) is 43.2 Å². The third-order valence-electron chi connectivity index (χ3n) is 4.51. The molecule has 2 aromatic rings. The Bertz CT molecular complexity index is 782. The molecule has 0 saturated heterocycles. The summed E-state index contributed by atoms with van der Waals surface area (Å²) in [6.45, 7) is 0. The first-order chi connectivity index (χ1) is 12.6. The molecule has 2 aromatic carbocycles. The standard InChI is InChI=1S/C13H7F2.C5H8.C5H5.Zr/c14-10-3-1-8-5-9-2-4-11(15)7-13(9)12(8)6-10;2*1-2-4-5-3-1;/h1,3-4,6-7H,5H2;1-4H2;1-3H,4H2;/q-1;;-1;+2. The Kier molecular flexibility index (Phi) is 7.02. The van der Waals surface area contributed by atoms with Crippen molar-refractivity contribution in [3.05, 3.63) is 83.5 Å². The Hall–Kier alpha value is -1.47. The van der Waals surface area contributed by atoms with Crippen LogP contribution in [0.3, 0.4) is 0 Å². The fraction of sp³-hybridized carbons (Fsp3) is 0.261. The van der Waals surface area contributed by atoms with Crippen LogP contribution in [0.4, 0.5) is 8.78 Å². The van der Waals surface area contributed by atoms with Gasteiger partial charge < -0.3 is 0 Å². The van der Waals surface area contributed by atoms with E-state index in [4.69, 9.17) is 0 Å². The summed E-state index contributed by atoms with van der Waals surface area (Å²) >= 11 is 1.68. The van der Waals surface area contributed by atoms with Crippen molar-refractivity contribution in [3.8, 4) is 11.1 Å². The van der Waals surface area contributed by atoms with Crippen molar-refractivity contribution in [3.63, 3.8) is 0 Å². The number of allylic oxidation sites excluding steroid dienone is 4. The topological polar surface area (TPSA) is 0 Å². The molecule has 0 aliphatic heterocycles. The van der Waals surface area contributed by atoms with Crippen molar-refractivity contribution in [1.29, 1.82) is 0 Å². The van der Waals surface area contributed by atoms with Gasteiger partial charge in [-0.2, -0.15) is 12.1 Å². The molecule has 0 amide bonds. The predicted octanol–water partition coefficient (Wildman–Crippen LogP) is 5.92. The number of hydrogen-bond acceptors (Lipinski definition) is 0.